The lowest BCUT2D eigenvalue weighted by Gasteiger charge is -2.39. The maximum atomic E-state index is 10.5. The average molecular weight is 455 g/mol. The number of anilines is 1. The van der Waals surface area contributed by atoms with E-state index in [-0.39, 0.29) is 17.6 Å². The van der Waals surface area contributed by atoms with Crippen LogP contribution in [0.25, 0.3) is 16.6 Å². The number of fused-ring (bicyclic) bond motifs is 1. The Hall–Kier alpha value is -2.49. The third kappa shape index (κ3) is 4.25. The molecule has 0 aromatic carbocycles. The van der Waals surface area contributed by atoms with Gasteiger partial charge in [-0.2, -0.15) is 5.10 Å². The van der Waals surface area contributed by atoms with E-state index in [0.29, 0.717) is 37.7 Å². The van der Waals surface area contributed by atoms with Gasteiger partial charge in [0.2, 0.25) is 5.95 Å². The molecule has 9 heteroatoms. The van der Waals surface area contributed by atoms with Crippen LogP contribution in [0.3, 0.4) is 0 Å². The highest BCUT2D eigenvalue weighted by Gasteiger charge is 2.37. The quantitative estimate of drug-likeness (QED) is 0.565. The first-order valence-corrected chi connectivity index (χ1v) is 11.8. The van der Waals surface area contributed by atoms with E-state index in [1.807, 2.05) is 28.5 Å². The Kier molecular flexibility index (Phi) is 5.88. The summed E-state index contributed by atoms with van der Waals surface area (Å²) in [6, 6.07) is 2.64. The first kappa shape index (κ1) is 22.3. The fourth-order valence-electron chi connectivity index (χ4n) is 5.04. The van der Waals surface area contributed by atoms with Gasteiger partial charge in [-0.05, 0) is 37.7 Å². The van der Waals surface area contributed by atoms with Gasteiger partial charge in [-0.15, -0.1) is 5.10 Å². The van der Waals surface area contributed by atoms with Crippen molar-refractivity contribution in [2.45, 2.75) is 64.1 Å². The molecule has 5 rings (SSSR count). The first-order valence-electron chi connectivity index (χ1n) is 11.8. The molecule has 0 spiro atoms. The molecule has 4 heterocycles. The van der Waals surface area contributed by atoms with E-state index in [1.54, 1.807) is 7.11 Å². The van der Waals surface area contributed by atoms with E-state index in [0.717, 1.165) is 41.6 Å². The number of aliphatic hydroxyl groups is 1. The molecule has 3 aromatic rings. The Morgan fingerprint density at radius 3 is 2.82 bits per heavy atom. The van der Waals surface area contributed by atoms with Crippen molar-refractivity contribution in [1.82, 2.24) is 24.4 Å². The number of aromatic nitrogens is 5. The Morgan fingerprint density at radius 2 is 2.12 bits per heavy atom. The van der Waals surface area contributed by atoms with Crippen molar-refractivity contribution in [3.05, 3.63) is 30.4 Å². The minimum absolute atomic E-state index is 0.0950. The monoisotopic (exact) mass is 454 g/mol. The summed E-state index contributed by atoms with van der Waals surface area (Å²) in [7, 11) is 1.69. The van der Waals surface area contributed by atoms with Crippen molar-refractivity contribution < 1.29 is 14.6 Å². The van der Waals surface area contributed by atoms with E-state index >= 15 is 0 Å². The zero-order valence-corrected chi connectivity index (χ0v) is 19.9. The van der Waals surface area contributed by atoms with Crippen LogP contribution in [-0.4, -0.2) is 68.6 Å². The Balaban J connectivity index is 1.55. The lowest BCUT2D eigenvalue weighted by atomic mass is 9.69. The third-order valence-electron chi connectivity index (χ3n) is 7.13. The Bertz CT molecular complexity index is 1120. The van der Waals surface area contributed by atoms with Crippen LogP contribution in [-0.2, 0) is 9.47 Å². The molecule has 1 saturated carbocycles. The van der Waals surface area contributed by atoms with Crippen molar-refractivity contribution in [3.8, 4) is 11.1 Å². The van der Waals surface area contributed by atoms with Crippen LogP contribution in [0.15, 0.2) is 24.7 Å². The minimum Gasteiger partial charge on any atom is -0.393 e. The second kappa shape index (κ2) is 8.70. The molecule has 2 aliphatic rings. The van der Waals surface area contributed by atoms with Crippen molar-refractivity contribution >= 4 is 11.5 Å². The van der Waals surface area contributed by atoms with Crippen molar-refractivity contribution in [2.24, 2.45) is 5.41 Å². The first-order chi connectivity index (χ1) is 15.9. The summed E-state index contributed by atoms with van der Waals surface area (Å²) in [5.74, 6) is 0.881. The zero-order valence-electron chi connectivity index (χ0n) is 19.9. The van der Waals surface area contributed by atoms with Crippen LogP contribution in [0, 0.1) is 5.41 Å². The number of hydrogen-bond donors (Lipinski definition) is 2. The molecule has 3 aromatic heterocycles. The van der Waals surface area contributed by atoms with Crippen LogP contribution in [0.4, 0.5) is 5.95 Å². The van der Waals surface area contributed by atoms with Gasteiger partial charge in [-0.25, -0.2) is 9.50 Å². The molecule has 1 aliphatic heterocycles. The number of aliphatic hydroxyl groups excluding tert-OH is 1. The predicted octanol–water partition coefficient (Wildman–Crippen LogP) is 3.27. The topological polar surface area (TPSA) is 98.7 Å². The van der Waals surface area contributed by atoms with Crippen molar-refractivity contribution in [2.75, 3.05) is 32.2 Å². The van der Waals surface area contributed by atoms with E-state index in [2.05, 4.69) is 41.5 Å². The number of hydrogen-bond acceptors (Lipinski definition) is 7. The molecule has 1 saturated heterocycles. The molecular weight excluding hydrogens is 420 g/mol. The average Bonchev–Trinajstić information content (AvgIpc) is 3.33. The summed E-state index contributed by atoms with van der Waals surface area (Å²) in [5.41, 5.74) is 4.12. The Morgan fingerprint density at radius 1 is 1.30 bits per heavy atom. The smallest absolute Gasteiger partial charge is 0.241 e. The fourth-order valence-corrected chi connectivity index (χ4v) is 5.04. The van der Waals surface area contributed by atoms with Gasteiger partial charge in [-0.1, -0.05) is 13.8 Å². The molecule has 9 nitrogen and oxygen atoms in total. The summed E-state index contributed by atoms with van der Waals surface area (Å²) in [6.07, 6.45) is 8.25. The maximum Gasteiger partial charge on any atom is 0.241 e. The SMILES string of the molecule is COC[C@H](C)Nc1ncc2c(-c3cnn(C4COC4)c3)cc([C@@H]3CC[C@H](O)C(C)(C)C3)n2n1. The minimum atomic E-state index is -0.274. The summed E-state index contributed by atoms with van der Waals surface area (Å²) < 4.78 is 14.6. The number of ether oxygens (including phenoxy) is 2. The number of rotatable bonds is 7. The van der Waals surface area contributed by atoms with Crippen molar-refractivity contribution in [1.29, 1.82) is 0 Å². The molecule has 33 heavy (non-hydrogen) atoms. The summed E-state index contributed by atoms with van der Waals surface area (Å²) in [6.45, 7) is 8.34. The second-order valence-electron chi connectivity index (χ2n) is 10.2. The molecule has 0 unspecified atom stereocenters. The standard InChI is InChI=1S/C24H34N6O3/c1-15(12-32-4)27-23-25-10-21-19(17-9-26-29(11-17)18-13-33-14-18)7-20(30(21)28-23)16-5-6-22(31)24(2,3)8-16/h7,9-11,15-16,18,22,31H,5-6,8,12-14H2,1-4H3,(H,27,28)/t15-,16+,22-/m0/s1. The van der Waals surface area contributed by atoms with Gasteiger partial charge < -0.3 is 19.9 Å². The highest BCUT2D eigenvalue weighted by atomic mass is 16.5. The van der Waals surface area contributed by atoms with Crippen LogP contribution in [0.5, 0.6) is 0 Å². The van der Waals surface area contributed by atoms with Crippen LogP contribution < -0.4 is 5.32 Å². The normalized spacial score (nSPS) is 24.0. The van der Waals surface area contributed by atoms with Crippen LogP contribution in [0.2, 0.25) is 0 Å². The highest BCUT2D eigenvalue weighted by Crippen LogP contribution is 2.45. The second-order valence-corrected chi connectivity index (χ2v) is 10.2. The molecular formula is C24H34N6O3. The summed E-state index contributed by atoms with van der Waals surface area (Å²) in [5, 5.41) is 23.3. The molecule has 1 aliphatic carbocycles. The number of methoxy groups -OCH3 is 1. The van der Waals surface area contributed by atoms with Gasteiger partial charge in [0.25, 0.3) is 0 Å². The number of nitrogens with one attached hydrogen (secondary N) is 1. The summed E-state index contributed by atoms with van der Waals surface area (Å²) in [4.78, 5) is 4.60. The largest absolute Gasteiger partial charge is 0.393 e. The molecule has 3 atom stereocenters. The lowest BCUT2D eigenvalue weighted by molar-refractivity contribution is -0.0286. The van der Waals surface area contributed by atoms with Gasteiger partial charge in [0.15, 0.2) is 0 Å². The Labute approximate surface area is 194 Å². The maximum absolute atomic E-state index is 10.5. The summed E-state index contributed by atoms with van der Waals surface area (Å²) >= 11 is 0. The molecule has 2 N–H and O–H groups in total. The fraction of sp³-hybridized carbons (Fsp3) is 0.625. The lowest BCUT2D eigenvalue weighted by Crippen LogP contribution is -2.36. The predicted molar refractivity (Wildman–Crippen MR) is 125 cm³/mol. The van der Waals surface area contributed by atoms with E-state index in [4.69, 9.17) is 14.6 Å². The molecule has 0 radical (unpaired) electrons. The van der Waals surface area contributed by atoms with E-state index in [1.165, 1.54) is 0 Å². The highest BCUT2D eigenvalue weighted by molar-refractivity contribution is 5.81. The number of nitrogens with zero attached hydrogens (tertiary/aromatic N) is 5. The van der Waals surface area contributed by atoms with Gasteiger partial charge in [0.05, 0.1) is 49.9 Å². The van der Waals surface area contributed by atoms with Gasteiger partial charge in [-0.3, -0.25) is 4.68 Å². The van der Waals surface area contributed by atoms with Gasteiger partial charge in [0, 0.05) is 42.1 Å². The molecule has 2 fully saturated rings. The van der Waals surface area contributed by atoms with Gasteiger partial charge in [0.1, 0.15) is 0 Å². The third-order valence-corrected chi connectivity index (χ3v) is 7.13. The van der Waals surface area contributed by atoms with E-state index in [9.17, 15) is 5.11 Å². The van der Waals surface area contributed by atoms with E-state index < -0.39 is 0 Å². The van der Waals surface area contributed by atoms with Crippen LogP contribution in [0.1, 0.15) is 57.7 Å². The van der Waals surface area contributed by atoms with Gasteiger partial charge >= 0.3 is 0 Å². The van der Waals surface area contributed by atoms with Crippen LogP contribution >= 0.6 is 0 Å². The molecule has 178 valence electrons. The molecule has 0 bridgehead atoms. The zero-order chi connectivity index (χ0) is 23.2. The van der Waals surface area contributed by atoms with Crippen molar-refractivity contribution in [3.63, 3.8) is 0 Å². The molecule has 0 amide bonds.